The van der Waals surface area contributed by atoms with E-state index in [4.69, 9.17) is 9.47 Å². The van der Waals surface area contributed by atoms with E-state index in [1.54, 1.807) is 0 Å². The van der Waals surface area contributed by atoms with Gasteiger partial charge in [0.1, 0.15) is 5.60 Å². The molecule has 5 heteroatoms. The van der Waals surface area contributed by atoms with E-state index in [0.717, 1.165) is 39.1 Å². The fraction of sp³-hybridized carbons (Fsp3) is 0.923. The second-order valence-electron chi connectivity index (χ2n) is 5.72. The highest BCUT2D eigenvalue weighted by molar-refractivity contribution is 5.67. The maximum atomic E-state index is 11.3. The summed E-state index contributed by atoms with van der Waals surface area (Å²) in [6.07, 6.45) is 1.72. The third-order valence-electron chi connectivity index (χ3n) is 2.66. The molecule has 1 aliphatic heterocycles. The number of carbonyl (C=O) groups excluding carboxylic acids is 1. The number of carbonyl (C=O) groups is 1. The lowest BCUT2D eigenvalue weighted by atomic mass is 10.1. The molecule has 1 aliphatic rings. The molecule has 0 bridgehead atoms. The number of hydrogen-bond acceptors (Lipinski definition) is 4. The first-order valence-electron chi connectivity index (χ1n) is 6.73. The van der Waals surface area contributed by atoms with Crippen molar-refractivity contribution in [3.63, 3.8) is 0 Å². The molecule has 1 fully saturated rings. The highest BCUT2D eigenvalue weighted by Gasteiger charge is 2.16. The van der Waals surface area contributed by atoms with Gasteiger partial charge in [0, 0.05) is 19.7 Å². The predicted octanol–water partition coefficient (Wildman–Crippen LogP) is 1.53. The summed E-state index contributed by atoms with van der Waals surface area (Å²) in [5, 5.41) is 6.12. The Labute approximate surface area is 110 Å². The van der Waals surface area contributed by atoms with Gasteiger partial charge >= 0.3 is 6.09 Å². The Balaban J connectivity index is 1.90. The molecule has 0 aromatic heterocycles. The molecule has 106 valence electrons. The highest BCUT2D eigenvalue weighted by Crippen LogP contribution is 2.10. The molecule has 1 saturated heterocycles. The number of rotatable bonds is 6. The van der Waals surface area contributed by atoms with Gasteiger partial charge in [-0.15, -0.1) is 0 Å². The lowest BCUT2D eigenvalue weighted by Gasteiger charge is -2.19. The molecule has 18 heavy (non-hydrogen) atoms. The van der Waals surface area contributed by atoms with Crippen LogP contribution < -0.4 is 10.6 Å². The molecule has 1 heterocycles. The number of alkyl carbamates (subject to hydrolysis) is 1. The Hall–Kier alpha value is -0.810. The van der Waals surface area contributed by atoms with Gasteiger partial charge in [-0.1, -0.05) is 0 Å². The summed E-state index contributed by atoms with van der Waals surface area (Å²) < 4.78 is 10.4. The summed E-state index contributed by atoms with van der Waals surface area (Å²) in [5.41, 5.74) is -0.426. The Bertz CT molecular complexity index is 245. The number of nitrogens with one attached hydrogen (secondary N) is 2. The molecule has 1 atom stereocenters. The molecular weight excluding hydrogens is 232 g/mol. The van der Waals surface area contributed by atoms with Crippen LogP contribution in [0.1, 0.15) is 33.6 Å². The molecule has 1 amide bonds. The average molecular weight is 258 g/mol. The molecule has 2 N–H and O–H groups in total. The summed E-state index contributed by atoms with van der Waals surface area (Å²) >= 11 is 0. The standard InChI is InChI=1S/C13H26N2O3/c1-13(2,3)18-12(16)15-7-4-6-14-9-11-5-8-17-10-11/h11,14H,4-10H2,1-3H3,(H,15,16). The summed E-state index contributed by atoms with van der Waals surface area (Å²) in [4.78, 5) is 11.3. The maximum Gasteiger partial charge on any atom is 0.407 e. The van der Waals surface area contributed by atoms with Crippen LogP contribution in [-0.2, 0) is 9.47 Å². The smallest absolute Gasteiger partial charge is 0.407 e. The van der Waals surface area contributed by atoms with Crippen LogP contribution in [0, 0.1) is 5.92 Å². The monoisotopic (exact) mass is 258 g/mol. The minimum atomic E-state index is -0.426. The topological polar surface area (TPSA) is 59.6 Å². The van der Waals surface area contributed by atoms with Crippen molar-refractivity contribution >= 4 is 6.09 Å². The van der Waals surface area contributed by atoms with Crippen LogP contribution in [-0.4, -0.2) is 44.5 Å². The molecule has 0 aromatic carbocycles. The van der Waals surface area contributed by atoms with E-state index in [9.17, 15) is 4.79 Å². The third kappa shape index (κ3) is 7.50. The van der Waals surface area contributed by atoms with Crippen molar-refractivity contribution in [2.45, 2.75) is 39.2 Å². The fourth-order valence-electron chi connectivity index (χ4n) is 1.77. The van der Waals surface area contributed by atoms with E-state index in [-0.39, 0.29) is 6.09 Å². The Morgan fingerprint density at radius 1 is 1.39 bits per heavy atom. The van der Waals surface area contributed by atoms with Crippen molar-refractivity contribution in [3.05, 3.63) is 0 Å². The quantitative estimate of drug-likeness (QED) is 0.709. The minimum Gasteiger partial charge on any atom is -0.444 e. The van der Waals surface area contributed by atoms with E-state index < -0.39 is 5.60 Å². The predicted molar refractivity (Wildman–Crippen MR) is 70.6 cm³/mol. The van der Waals surface area contributed by atoms with Crippen molar-refractivity contribution < 1.29 is 14.3 Å². The highest BCUT2D eigenvalue weighted by atomic mass is 16.6. The van der Waals surface area contributed by atoms with Crippen molar-refractivity contribution in [2.75, 3.05) is 32.8 Å². The van der Waals surface area contributed by atoms with E-state index in [1.165, 1.54) is 0 Å². The van der Waals surface area contributed by atoms with Crippen molar-refractivity contribution in [3.8, 4) is 0 Å². The number of amides is 1. The molecule has 5 nitrogen and oxygen atoms in total. The Morgan fingerprint density at radius 3 is 2.78 bits per heavy atom. The van der Waals surface area contributed by atoms with Gasteiger partial charge in [-0.3, -0.25) is 0 Å². The minimum absolute atomic E-state index is 0.341. The number of hydrogen-bond donors (Lipinski definition) is 2. The van der Waals surface area contributed by atoms with Crippen molar-refractivity contribution in [1.29, 1.82) is 0 Å². The largest absolute Gasteiger partial charge is 0.444 e. The zero-order valence-corrected chi connectivity index (χ0v) is 11.8. The molecule has 0 radical (unpaired) electrons. The summed E-state index contributed by atoms with van der Waals surface area (Å²) in [6, 6.07) is 0. The van der Waals surface area contributed by atoms with E-state index in [0.29, 0.717) is 12.5 Å². The van der Waals surface area contributed by atoms with E-state index >= 15 is 0 Å². The SMILES string of the molecule is CC(C)(C)OC(=O)NCCCNCC1CCOC1. The van der Waals surface area contributed by atoms with Gasteiger partial charge in [0.2, 0.25) is 0 Å². The van der Waals surface area contributed by atoms with Crippen LogP contribution in [0.15, 0.2) is 0 Å². The summed E-state index contributed by atoms with van der Waals surface area (Å²) in [6.45, 7) is 9.91. The zero-order chi connectivity index (χ0) is 13.4. The lowest BCUT2D eigenvalue weighted by Crippen LogP contribution is -2.34. The van der Waals surface area contributed by atoms with Crippen LogP contribution in [0.5, 0.6) is 0 Å². The molecule has 1 rings (SSSR count). The second kappa shape index (κ2) is 7.59. The van der Waals surface area contributed by atoms with Crippen LogP contribution >= 0.6 is 0 Å². The average Bonchev–Trinajstić information content (AvgIpc) is 2.73. The van der Waals surface area contributed by atoms with Crippen molar-refractivity contribution in [2.24, 2.45) is 5.92 Å². The molecule has 0 aromatic rings. The van der Waals surface area contributed by atoms with Gasteiger partial charge in [0.25, 0.3) is 0 Å². The first kappa shape index (κ1) is 15.2. The van der Waals surface area contributed by atoms with Crippen LogP contribution in [0.3, 0.4) is 0 Å². The fourth-order valence-corrected chi connectivity index (χ4v) is 1.77. The molecule has 0 aliphatic carbocycles. The molecule has 0 saturated carbocycles. The van der Waals surface area contributed by atoms with Gasteiger partial charge in [0.05, 0.1) is 6.61 Å². The second-order valence-corrected chi connectivity index (χ2v) is 5.72. The van der Waals surface area contributed by atoms with Gasteiger partial charge < -0.3 is 20.1 Å². The lowest BCUT2D eigenvalue weighted by molar-refractivity contribution is 0.0527. The molecule has 0 spiro atoms. The maximum absolute atomic E-state index is 11.3. The Kier molecular flexibility index (Phi) is 6.43. The summed E-state index contributed by atoms with van der Waals surface area (Å²) in [5.74, 6) is 0.656. The van der Waals surface area contributed by atoms with Gasteiger partial charge in [-0.25, -0.2) is 4.79 Å². The molecule has 1 unspecified atom stereocenters. The van der Waals surface area contributed by atoms with Gasteiger partial charge in [-0.05, 0) is 46.1 Å². The summed E-state index contributed by atoms with van der Waals surface area (Å²) in [7, 11) is 0. The number of ether oxygens (including phenoxy) is 2. The third-order valence-corrected chi connectivity index (χ3v) is 2.66. The molecular formula is C13H26N2O3. The van der Waals surface area contributed by atoms with Crippen LogP contribution in [0.2, 0.25) is 0 Å². The normalized spacial score (nSPS) is 19.8. The van der Waals surface area contributed by atoms with Gasteiger partial charge in [0.15, 0.2) is 0 Å². The first-order valence-corrected chi connectivity index (χ1v) is 6.73. The van der Waals surface area contributed by atoms with Crippen molar-refractivity contribution in [1.82, 2.24) is 10.6 Å². The van der Waals surface area contributed by atoms with Crippen LogP contribution in [0.25, 0.3) is 0 Å². The first-order chi connectivity index (χ1) is 8.47. The zero-order valence-electron chi connectivity index (χ0n) is 11.8. The van der Waals surface area contributed by atoms with E-state index in [2.05, 4.69) is 10.6 Å². The van der Waals surface area contributed by atoms with Gasteiger partial charge in [-0.2, -0.15) is 0 Å². The Morgan fingerprint density at radius 2 is 2.17 bits per heavy atom. The van der Waals surface area contributed by atoms with E-state index in [1.807, 2.05) is 20.8 Å². The van der Waals surface area contributed by atoms with Crippen LogP contribution in [0.4, 0.5) is 4.79 Å².